The van der Waals surface area contributed by atoms with E-state index >= 15 is 0 Å². The van der Waals surface area contributed by atoms with E-state index in [1.807, 2.05) is 0 Å². The molecule has 1 saturated heterocycles. The van der Waals surface area contributed by atoms with Crippen LogP contribution in [0.4, 0.5) is 0 Å². The lowest BCUT2D eigenvalue weighted by atomic mass is 10.1. The number of halogens is 1. The maximum Gasteiger partial charge on any atom is 0.358 e. The van der Waals surface area contributed by atoms with Gasteiger partial charge in [0, 0.05) is 24.1 Å². The monoisotopic (exact) mass is 350 g/mol. The van der Waals surface area contributed by atoms with Gasteiger partial charge in [0.1, 0.15) is 0 Å². The van der Waals surface area contributed by atoms with Crippen molar-refractivity contribution in [2.24, 2.45) is 0 Å². The Balaban J connectivity index is 1.59. The van der Waals surface area contributed by atoms with Crippen LogP contribution in [-0.4, -0.2) is 44.1 Å². The van der Waals surface area contributed by atoms with Gasteiger partial charge >= 0.3 is 5.97 Å². The zero-order chi connectivity index (χ0) is 15.0. The van der Waals surface area contributed by atoms with Crippen molar-refractivity contribution < 1.29 is 9.90 Å². The highest BCUT2D eigenvalue weighted by atomic mass is 79.9. The Bertz CT molecular complexity index is 679. The van der Waals surface area contributed by atoms with Crippen LogP contribution in [0.15, 0.2) is 28.9 Å². The molecule has 1 aromatic carbocycles. The molecule has 0 aliphatic carbocycles. The Kier molecular flexibility index (Phi) is 3.77. The molecule has 0 saturated carbocycles. The molecule has 2 heterocycles. The molecule has 6 nitrogen and oxygen atoms in total. The Hall–Kier alpha value is -1.73. The van der Waals surface area contributed by atoms with Crippen LogP contribution in [0.2, 0.25) is 0 Å². The lowest BCUT2D eigenvalue weighted by Gasteiger charge is -2.39. The van der Waals surface area contributed by atoms with E-state index in [1.54, 1.807) is 4.68 Å². The van der Waals surface area contributed by atoms with E-state index in [9.17, 15) is 4.79 Å². The van der Waals surface area contributed by atoms with E-state index in [4.69, 9.17) is 5.11 Å². The molecule has 0 unspecified atom stereocenters. The zero-order valence-electron chi connectivity index (χ0n) is 11.5. The molecule has 0 atom stereocenters. The number of hydrogen-bond donors (Lipinski definition) is 1. The second-order valence-electron chi connectivity index (χ2n) is 5.33. The number of carbonyl (C=O) groups is 1. The summed E-state index contributed by atoms with van der Waals surface area (Å²) in [6.07, 6.45) is 1.49. The Morgan fingerprint density at radius 3 is 2.86 bits per heavy atom. The van der Waals surface area contributed by atoms with Gasteiger partial charge in [0.15, 0.2) is 5.69 Å². The van der Waals surface area contributed by atoms with Crippen molar-refractivity contribution in [2.45, 2.75) is 19.5 Å². The van der Waals surface area contributed by atoms with Gasteiger partial charge in [-0.2, -0.15) is 0 Å². The van der Waals surface area contributed by atoms with Crippen LogP contribution in [-0.2, 0) is 6.54 Å². The van der Waals surface area contributed by atoms with Crippen LogP contribution in [0.25, 0.3) is 0 Å². The van der Waals surface area contributed by atoms with Gasteiger partial charge in [0.25, 0.3) is 0 Å². The van der Waals surface area contributed by atoms with Crippen molar-refractivity contribution in [1.29, 1.82) is 0 Å². The Labute approximate surface area is 130 Å². The highest BCUT2D eigenvalue weighted by Gasteiger charge is 2.29. The number of benzene rings is 1. The second-order valence-corrected chi connectivity index (χ2v) is 6.19. The standard InChI is InChI=1S/C14H15BrN4O2/c1-9-2-3-10(12(15)4-9)5-18-6-11(7-18)19-8-13(14(20)21)16-17-19/h2-4,8,11H,5-7H2,1H3,(H,20,21). The highest BCUT2D eigenvalue weighted by Crippen LogP contribution is 2.26. The molecule has 3 rings (SSSR count). The van der Waals surface area contributed by atoms with Crippen LogP contribution < -0.4 is 0 Å². The minimum absolute atomic E-state index is 0.00488. The summed E-state index contributed by atoms with van der Waals surface area (Å²) < 4.78 is 2.77. The first-order chi connectivity index (χ1) is 10.0. The van der Waals surface area contributed by atoms with E-state index in [0.29, 0.717) is 0 Å². The molecule has 1 aliphatic rings. The molecule has 110 valence electrons. The summed E-state index contributed by atoms with van der Waals surface area (Å²) in [7, 11) is 0. The largest absolute Gasteiger partial charge is 0.476 e. The molecular formula is C14H15BrN4O2. The molecule has 21 heavy (non-hydrogen) atoms. The molecular weight excluding hydrogens is 336 g/mol. The van der Waals surface area contributed by atoms with Gasteiger partial charge in [-0.05, 0) is 24.1 Å². The van der Waals surface area contributed by atoms with Gasteiger partial charge in [0.05, 0.1) is 12.2 Å². The number of nitrogens with zero attached hydrogens (tertiary/aromatic N) is 4. The van der Waals surface area contributed by atoms with E-state index in [-0.39, 0.29) is 11.7 Å². The summed E-state index contributed by atoms with van der Waals surface area (Å²) in [5.74, 6) is -1.04. The predicted molar refractivity (Wildman–Crippen MR) is 80.2 cm³/mol. The summed E-state index contributed by atoms with van der Waals surface area (Å²) in [5, 5.41) is 16.4. The number of carboxylic acids is 1. The number of aryl methyl sites for hydroxylation is 1. The van der Waals surface area contributed by atoms with Crippen LogP contribution >= 0.6 is 15.9 Å². The molecule has 1 aromatic heterocycles. The first-order valence-electron chi connectivity index (χ1n) is 6.65. The van der Waals surface area contributed by atoms with Gasteiger partial charge in [-0.25, -0.2) is 9.48 Å². The molecule has 1 fully saturated rings. The van der Waals surface area contributed by atoms with Crippen molar-refractivity contribution >= 4 is 21.9 Å². The number of carboxylic acid groups (broad SMARTS) is 1. The number of aromatic nitrogens is 3. The molecule has 1 aliphatic heterocycles. The molecule has 0 spiro atoms. The SMILES string of the molecule is Cc1ccc(CN2CC(n3cc(C(=O)O)nn3)C2)c(Br)c1. The quantitative estimate of drug-likeness (QED) is 0.914. The van der Waals surface area contributed by atoms with E-state index in [1.165, 1.54) is 17.3 Å². The molecule has 7 heteroatoms. The molecule has 0 bridgehead atoms. The third-order valence-electron chi connectivity index (χ3n) is 3.64. The number of rotatable bonds is 4. The van der Waals surface area contributed by atoms with E-state index in [0.717, 1.165) is 24.1 Å². The summed E-state index contributed by atoms with van der Waals surface area (Å²) in [6.45, 7) is 4.64. The van der Waals surface area contributed by atoms with Gasteiger partial charge in [0.2, 0.25) is 0 Å². The van der Waals surface area contributed by atoms with Gasteiger partial charge < -0.3 is 5.11 Å². The summed E-state index contributed by atoms with van der Waals surface area (Å²) in [4.78, 5) is 13.1. The van der Waals surface area contributed by atoms with Gasteiger partial charge in [-0.15, -0.1) is 5.10 Å². The van der Waals surface area contributed by atoms with E-state index < -0.39 is 5.97 Å². The van der Waals surface area contributed by atoms with Crippen molar-refractivity contribution in [3.63, 3.8) is 0 Å². The third-order valence-corrected chi connectivity index (χ3v) is 4.38. The average Bonchev–Trinajstić information content (AvgIpc) is 2.84. The van der Waals surface area contributed by atoms with Crippen molar-refractivity contribution in [2.75, 3.05) is 13.1 Å². The van der Waals surface area contributed by atoms with Crippen molar-refractivity contribution in [3.8, 4) is 0 Å². The molecule has 1 N–H and O–H groups in total. The molecule has 0 amide bonds. The minimum atomic E-state index is -1.04. The maximum atomic E-state index is 10.8. The zero-order valence-corrected chi connectivity index (χ0v) is 13.1. The second kappa shape index (κ2) is 5.57. The summed E-state index contributed by atoms with van der Waals surface area (Å²) in [6, 6.07) is 6.55. The van der Waals surface area contributed by atoms with Crippen LogP contribution in [0.3, 0.4) is 0 Å². The fourth-order valence-corrected chi connectivity index (χ4v) is 3.03. The summed E-state index contributed by atoms with van der Waals surface area (Å²) >= 11 is 3.59. The lowest BCUT2D eigenvalue weighted by Crippen LogP contribution is -2.47. The van der Waals surface area contributed by atoms with Crippen LogP contribution in [0.1, 0.15) is 27.7 Å². The van der Waals surface area contributed by atoms with Crippen molar-refractivity contribution in [1.82, 2.24) is 19.9 Å². The lowest BCUT2D eigenvalue weighted by molar-refractivity contribution is 0.0690. The van der Waals surface area contributed by atoms with E-state index in [2.05, 4.69) is 56.3 Å². The van der Waals surface area contributed by atoms with Crippen LogP contribution in [0.5, 0.6) is 0 Å². The number of likely N-dealkylation sites (tertiary alicyclic amines) is 1. The predicted octanol–water partition coefficient (Wildman–Crippen LogP) is 2.10. The molecule has 0 radical (unpaired) electrons. The average molecular weight is 351 g/mol. The Morgan fingerprint density at radius 1 is 1.48 bits per heavy atom. The third kappa shape index (κ3) is 2.98. The minimum Gasteiger partial charge on any atom is -0.476 e. The highest BCUT2D eigenvalue weighted by molar-refractivity contribution is 9.10. The first kappa shape index (κ1) is 14.2. The summed E-state index contributed by atoms with van der Waals surface area (Å²) in [5.41, 5.74) is 2.48. The number of hydrogen-bond acceptors (Lipinski definition) is 4. The molecule has 2 aromatic rings. The van der Waals surface area contributed by atoms with Gasteiger partial charge in [-0.3, -0.25) is 4.90 Å². The fraction of sp³-hybridized carbons (Fsp3) is 0.357. The fourth-order valence-electron chi connectivity index (χ4n) is 2.41. The van der Waals surface area contributed by atoms with Crippen molar-refractivity contribution in [3.05, 3.63) is 45.7 Å². The topological polar surface area (TPSA) is 71.2 Å². The first-order valence-corrected chi connectivity index (χ1v) is 7.45. The smallest absolute Gasteiger partial charge is 0.358 e. The van der Waals surface area contributed by atoms with Gasteiger partial charge in [-0.1, -0.05) is 33.3 Å². The Morgan fingerprint density at radius 2 is 2.24 bits per heavy atom. The maximum absolute atomic E-state index is 10.8. The van der Waals surface area contributed by atoms with Crippen LogP contribution in [0, 0.1) is 6.92 Å². The number of aromatic carboxylic acids is 1. The normalized spacial score (nSPS) is 15.9.